The first-order valence-corrected chi connectivity index (χ1v) is 9.36. The second kappa shape index (κ2) is 8.18. The zero-order chi connectivity index (χ0) is 18.5. The maximum Gasteiger partial charge on any atom is 0.240 e. The van der Waals surface area contributed by atoms with Gasteiger partial charge in [-0.3, -0.25) is 4.79 Å². The van der Waals surface area contributed by atoms with Gasteiger partial charge in [-0.2, -0.15) is 0 Å². The molecule has 1 aromatic heterocycles. The van der Waals surface area contributed by atoms with Crippen LogP contribution in [0.1, 0.15) is 24.2 Å². The van der Waals surface area contributed by atoms with Crippen LogP contribution in [-0.4, -0.2) is 34.7 Å². The van der Waals surface area contributed by atoms with Crippen molar-refractivity contribution in [3.8, 4) is 0 Å². The highest BCUT2D eigenvalue weighted by molar-refractivity contribution is 5.83. The Balaban J connectivity index is 1.54. The van der Waals surface area contributed by atoms with Crippen molar-refractivity contribution in [3.05, 3.63) is 66.0 Å². The first-order valence-electron chi connectivity index (χ1n) is 9.36. The molecule has 0 bridgehead atoms. The second-order valence-corrected chi connectivity index (χ2v) is 6.73. The Labute approximate surface area is 158 Å². The third-order valence-electron chi connectivity index (χ3n) is 4.76. The predicted octanol–water partition coefficient (Wildman–Crippen LogP) is 3.50. The fraction of sp³-hybridized carbons (Fsp3) is 0.273. The molecule has 0 unspecified atom stereocenters. The molecular formula is C22H23N3O2. The summed E-state index contributed by atoms with van der Waals surface area (Å²) >= 11 is 0. The molecule has 5 heteroatoms. The minimum Gasteiger partial charge on any atom is -0.376 e. The van der Waals surface area contributed by atoms with Gasteiger partial charge < -0.3 is 14.6 Å². The number of imidazole rings is 1. The number of ether oxygens (including phenoxy) is 1. The largest absolute Gasteiger partial charge is 0.376 e. The van der Waals surface area contributed by atoms with Gasteiger partial charge in [0.2, 0.25) is 5.91 Å². The minimum absolute atomic E-state index is 0.0250. The topological polar surface area (TPSA) is 56.2 Å². The Morgan fingerprint density at radius 2 is 1.96 bits per heavy atom. The lowest BCUT2D eigenvalue weighted by Gasteiger charge is -2.12. The highest BCUT2D eigenvalue weighted by Gasteiger charge is 2.17. The Bertz CT molecular complexity index is 941. The number of nitrogens with one attached hydrogen (secondary N) is 1. The van der Waals surface area contributed by atoms with Crippen LogP contribution in [0.25, 0.3) is 23.2 Å². The van der Waals surface area contributed by atoms with Crippen LogP contribution < -0.4 is 5.32 Å². The molecule has 1 saturated heterocycles. The van der Waals surface area contributed by atoms with Crippen LogP contribution in [-0.2, 0) is 16.1 Å². The number of aromatic nitrogens is 2. The van der Waals surface area contributed by atoms with E-state index in [2.05, 4.69) is 10.3 Å². The van der Waals surface area contributed by atoms with E-state index in [9.17, 15) is 4.79 Å². The van der Waals surface area contributed by atoms with E-state index in [1.807, 2.05) is 71.3 Å². The minimum atomic E-state index is -0.0250. The number of amides is 1. The molecule has 1 amide bonds. The molecule has 0 radical (unpaired) electrons. The molecular weight excluding hydrogens is 338 g/mol. The third kappa shape index (κ3) is 4.26. The highest BCUT2D eigenvalue weighted by Crippen LogP contribution is 2.18. The van der Waals surface area contributed by atoms with Crippen molar-refractivity contribution in [3.63, 3.8) is 0 Å². The molecule has 1 fully saturated rings. The molecule has 2 aromatic carbocycles. The van der Waals surface area contributed by atoms with Gasteiger partial charge in [-0.15, -0.1) is 0 Å². The monoisotopic (exact) mass is 361 g/mol. The molecule has 0 aliphatic carbocycles. The summed E-state index contributed by atoms with van der Waals surface area (Å²) in [7, 11) is 0. The van der Waals surface area contributed by atoms with Crippen molar-refractivity contribution in [1.29, 1.82) is 0 Å². The number of carbonyl (C=O) groups is 1. The number of hydrogen-bond donors (Lipinski definition) is 1. The van der Waals surface area contributed by atoms with Crippen LogP contribution in [0.15, 0.2) is 54.6 Å². The fourth-order valence-electron chi connectivity index (χ4n) is 3.35. The lowest BCUT2D eigenvalue weighted by molar-refractivity contribution is -0.122. The van der Waals surface area contributed by atoms with E-state index in [0.29, 0.717) is 6.54 Å². The quantitative estimate of drug-likeness (QED) is 0.731. The van der Waals surface area contributed by atoms with Crippen LogP contribution >= 0.6 is 0 Å². The van der Waals surface area contributed by atoms with Gasteiger partial charge in [0.15, 0.2) is 0 Å². The molecule has 5 nitrogen and oxygen atoms in total. The van der Waals surface area contributed by atoms with Gasteiger partial charge in [-0.1, -0.05) is 48.5 Å². The molecule has 1 N–H and O–H groups in total. The van der Waals surface area contributed by atoms with Crippen molar-refractivity contribution < 1.29 is 9.53 Å². The molecule has 3 aromatic rings. The predicted molar refractivity (Wildman–Crippen MR) is 107 cm³/mol. The van der Waals surface area contributed by atoms with E-state index in [1.54, 1.807) is 0 Å². The van der Waals surface area contributed by atoms with E-state index < -0.39 is 0 Å². The molecule has 2 heterocycles. The average molecular weight is 361 g/mol. The number of rotatable bonds is 6. The van der Waals surface area contributed by atoms with Crippen molar-refractivity contribution in [1.82, 2.24) is 14.9 Å². The van der Waals surface area contributed by atoms with Gasteiger partial charge in [0.1, 0.15) is 12.4 Å². The summed E-state index contributed by atoms with van der Waals surface area (Å²) < 4.78 is 7.53. The van der Waals surface area contributed by atoms with E-state index in [4.69, 9.17) is 4.74 Å². The van der Waals surface area contributed by atoms with Crippen LogP contribution in [0.3, 0.4) is 0 Å². The Morgan fingerprint density at radius 3 is 2.78 bits per heavy atom. The first kappa shape index (κ1) is 17.5. The van der Waals surface area contributed by atoms with E-state index in [0.717, 1.165) is 41.9 Å². The first-order chi connectivity index (χ1) is 13.3. The van der Waals surface area contributed by atoms with E-state index in [-0.39, 0.29) is 18.6 Å². The third-order valence-corrected chi connectivity index (χ3v) is 4.76. The van der Waals surface area contributed by atoms with Crippen molar-refractivity contribution >= 4 is 29.1 Å². The maximum atomic E-state index is 12.5. The summed E-state index contributed by atoms with van der Waals surface area (Å²) in [5, 5.41) is 2.99. The van der Waals surface area contributed by atoms with Crippen molar-refractivity contribution in [2.75, 3.05) is 13.2 Å². The standard InChI is InChI=1S/C22H23N3O2/c26-22(23-15-18-9-6-14-27-18)16-25-20-11-5-4-10-19(20)24-21(25)13-12-17-7-2-1-3-8-17/h1-5,7-8,10-13,18H,6,9,14-16H2,(H,23,26)/b13-12+/t18-/m1/s1. The van der Waals surface area contributed by atoms with Gasteiger partial charge in [0.25, 0.3) is 0 Å². The summed E-state index contributed by atoms with van der Waals surface area (Å²) in [5.41, 5.74) is 2.94. The smallest absolute Gasteiger partial charge is 0.240 e. The zero-order valence-electron chi connectivity index (χ0n) is 15.2. The Hall–Kier alpha value is -2.92. The molecule has 0 saturated carbocycles. The van der Waals surface area contributed by atoms with Crippen LogP contribution in [0, 0.1) is 0 Å². The number of benzene rings is 2. The molecule has 4 rings (SSSR count). The van der Waals surface area contributed by atoms with Crippen LogP contribution in [0.5, 0.6) is 0 Å². The van der Waals surface area contributed by atoms with E-state index in [1.165, 1.54) is 0 Å². The van der Waals surface area contributed by atoms with E-state index >= 15 is 0 Å². The second-order valence-electron chi connectivity index (χ2n) is 6.73. The molecule has 1 atom stereocenters. The van der Waals surface area contributed by atoms with Crippen LogP contribution in [0.4, 0.5) is 0 Å². The molecule has 27 heavy (non-hydrogen) atoms. The molecule has 1 aliphatic heterocycles. The lowest BCUT2D eigenvalue weighted by Crippen LogP contribution is -2.34. The summed E-state index contributed by atoms with van der Waals surface area (Å²) in [4.78, 5) is 17.2. The maximum absolute atomic E-state index is 12.5. The molecule has 1 aliphatic rings. The Morgan fingerprint density at radius 1 is 1.15 bits per heavy atom. The summed E-state index contributed by atoms with van der Waals surface area (Å²) in [6.45, 7) is 1.60. The molecule has 0 spiro atoms. The van der Waals surface area contributed by atoms with Crippen molar-refractivity contribution in [2.45, 2.75) is 25.5 Å². The van der Waals surface area contributed by atoms with Gasteiger partial charge in [0, 0.05) is 13.2 Å². The van der Waals surface area contributed by atoms with Crippen LogP contribution in [0.2, 0.25) is 0 Å². The van der Waals surface area contributed by atoms with Gasteiger partial charge in [-0.25, -0.2) is 4.98 Å². The lowest BCUT2D eigenvalue weighted by atomic mass is 10.2. The van der Waals surface area contributed by atoms with Gasteiger partial charge >= 0.3 is 0 Å². The highest BCUT2D eigenvalue weighted by atomic mass is 16.5. The van der Waals surface area contributed by atoms with Gasteiger partial charge in [-0.05, 0) is 36.6 Å². The average Bonchev–Trinajstić information content (AvgIpc) is 3.34. The summed E-state index contributed by atoms with van der Waals surface area (Å²) in [5.74, 6) is 0.746. The van der Waals surface area contributed by atoms with Gasteiger partial charge in [0.05, 0.1) is 17.1 Å². The van der Waals surface area contributed by atoms with Crippen molar-refractivity contribution in [2.24, 2.45) is 0 Å². The summed E-state index contributed by atoms with van der Waals surface area (Å²) in [6, 6.07) is 18.0. The zero-order valence-corrected chi connectivity index (χ0v) is 15.2. The number of para-hydroxylation sites is 2. The number of nitrogens with zero attached hydrogens (tertiary/aromatic N) is 2. The number of fused-ring (bicyclic) bond motifs is 1. The normalized spacial score (nSPS) is 17.0. The SMILES string of the molecule is O=C(Cn1c(/C=C/c2ccccc2)nc2ccccc21)NC[C@H]1CCCO1. The fourth-order valence-corrected chi connectivity index (χ4v) is 3.35. The number of hydrogen-bond acceptors (Lipinski definition) is 3. The number of carbonyl (C=O) groups excluding carboxylic acids is 1. The summed E-state index contributed by atoms with van der Waals surface area (Å²) in [6.07, 6.45) is 6.21. The molecule has 138 valence electrons. The Kier molecular flexibility index (Phi) is 5.30.